The van der Waals surface area contributed by atoms with E-state index in [2.05, 4.69) is 25.9 Å². The van der Waals surface area contributed by atoms with Crippen molar-refractivity contribution < 1.29 is 0 Å². The molecule has 0 spiro atoms. The molecule has 0 bridgehead atoms. The Hall–Kier alpha value is -0.870. The number of nitrogens with zero attached hydrogens (tertiary/aromatic N) is 1. The van der Waals surface area contributed by atoms with Gasteiger partial charge in [-0.05, 0) is 28.1 Å². The largest absolute Gasteiger partial charge is 0.300 e. The summed E-state index contributed by atoms with van der Waals surface area (Å²) in [5.41, 5.74) is 0.352. The molecule has 5 heteroatoms. The molecular formula is C8H4BrClN2O. The second-order valence-electron chi connectivity index (χ2n) is 2.49. The molecule has 2 rings (SSSR count). The summed E-state index contributed by atoms with van der Waals surface area (Å²) in [4.78, 5) is 18.0. The predicted octanol–water partition coefficient (Wildman–Crippen LogP) is 2.34. The van der Waals surface area contributed by atoms with Gasteiger partial charge in [0.1, 0.15) is 0 Å². The van der Waals surface area contributed by atoms with Gasteiger partial charge >= 0.3 is 0 Å². The highest BCUT2D eigenvalue weighted by Gasteiger charge is 2.04. The van der Waals surface area contributed by atoms with E-state index in [0.29, 0.717) is 20.7 Å². The SMILES string of the molecule is O=c1[nH]c(Br)nc2cccc(Cl)c12. The summed E-state index contributed by atoms with van der Waals surface area (Å²) in [6, 6.07) is 5.15. The number of H-pyrrole nitrogens is 1. The zero-order valence-electron chi connectivity index (χ0n) is 6.34. The van der Waals surface area contributed by atoms with Crippen molar-refractivity contribution in [1.29, 1.82) is 0 Å². The quantitative estimate of drug-likeness (QED) is 0.738. The average molecular weight is 259 g/mol. The number of benzene rings is 1. The first-order chi connectivity index (χ1) is 6.18. The first kappa shape index (κ1) is 8.72. The van der Waals surface area contributed by atoms with Crippen LogP contribution in [0.1, 0.15) is 0 Å². The third-order valence-electron chi connectivity index (χ3n) is 1.65. The molecular weight excluding hydrogens is 255 g/mol. The van der Waals surface area contributed by atoms with Gasteiger partial charge in [0.15, 0.2) is 4.73 Å². The van der Waals surface area contributed by atoms with Crippen molar-refractivity contribution >= 4 is 38.4 Å². The van der Waals surface area contributed by atoms with E-state index < -0.39 is 0 Å². The van der Waals surface area contributed by atoms with E-state index in [1.54, 1.807) is 18.2 Å². The zero-order valence-corrected chi connectivity index (χ0v) is 8.69. The standard InChI is InChI=1S/C8H4BrClN2O/c9-8-11-5-3-1-2-4(10)6(5)7(13)12-8/h1-3H,(H,11,12,13). The number of hydrogen-bond acceptors (Lipinski definition) is 2. The van der Waals surface area contributed by atoms with Crippen LogP contribution < -0.4 is 5.56 Å². The Kier molecular flexibility index (Phi) is 2.09. The number of fused-ring (bicyclic) bond motifs is 1. The Morgan fingerprint density at radius 3 is 3.00 bits per heavy atom. The highest BCUT2D eigenvalue weighted by molar-refractivity contribution is 9.10. The Labute approximate surface area is 86.9 Å². The molecule has 0 fully saturated rings. The van der Waals surface area contributed by atoms with Gasteiger partial charge in [-0.3, -0.25) is 4.79 Å². The summed E-state index contributed by atoms with van der Waals surface area (Å²) in [6.07, 6.45) is 0. The Bertz CT molecular complexity index is 523. The fourth-order valence-electron chi connectivity index (χ4n) is 1.12. The molecule has 0 aliphatic heterocycles. The van der Waals surface area contributed by atoms with Crippen molar-refractivity contribution in [1.82, 2.24) is 9.97 Å². The molecule has 0 amide bonds. The van der Waals surface area contributed by atoms with Crippen molar-refractivity contribution in [3.63, 3.8) is 0 Å². The summed E-state index contributed by atoms with van der Waals surface area (Å²) < 4.78 is 0.410. The number of halogens is 2. The summed E-state index contributed by atoms with van der Waals surface area (Å²) in [5.74, 6) is 0. The summed E-state index contributed by atoms with van der Waals surface area (Å²) in [5, 5.41) is 0.839. The molecule has 0 atom stereocenters. The molecule has 1 aromatic heterocycles. The van der Waals surface area contributed by atoms with Crippen LogP contribution in [0.5, 0.6) is 0 Å². The molecule has 0 saturated carbocycles. The van der Waals surface area contributed by atoms with Crippen molar-refractivity contribution in [2.45, 2.75) is 0 Å². The molecule has 1 heterocycles. The maximum atomic E-state index is 11.4. The summed E-state index contributed by atoms with van der Waals surface area (Å²) in [6.45, 7) is 0. The molecule has 1 aromatic carbocycles. The van der Waals surface area contributed by atoms with Crippen LogP contribution in [-0.4, -0.2) is 9.97 Å². The number of hydrogen-bond donors (Lipinski definition) is 1. The lowest BCUT2D eigenvalue weighted by Gasteiger charge is -1.98. The third kappa shape index (κ3) is 1.47. The Balaban J connectivity index is 3.03. The van der Waals surface area contributed by atoms with Crippen LogP contribution >= 0.6 is 27.5 Å². The molecule has 13 heavy (non-hydrogen) atoms. The number of rotatable bonds is 0. The normalized spacial score (nSPS) is 10.6. The van der Waals surface area contributed by atoms with Crippen molar-refractivity contribution in [3.05, 3.63) is 38.3 Å². The predicted molar refractivity (Wildman–Crippen MR) is 55.1 cm³/mol. The molecule has 0 saturated heterocycles. The summed E-state index contributed by atoms with van der Waals surface area (Å²) in [7, 11) is 0. The van der Waals surface area contributed by atoms with Gasteiger partial charge in [-0.2, -0.15) is 0 Å². The van der Waals surface area contributed by atoms with Crippen molar-refractivity contribution in [3.8, 4) is 0 Å². The lowest BCUT2D eigenvalue weighted by Crippen LogP contribution is -2.08. The fraction of sp³-hybridized carbons (Fsp3) is 0. The van der Waals surface area contributed by atoms with Crippen LogP contribution in [0.3, 0.4) is 0 Å². The van der Waals surface area contributed by atoms with E-state index in [4.69, 9.17) is 11.6 Å². The molecule has 0 aliphatic carbocycles. The van der Waals surface area contributed by atoms with E-state index in [1.165, 1.54) is 0 Å². The number of aromatic nitrogens is 2. The van der Waals surface area contributed by atoms with Gasteiger partial charge in [0.2, 0.25) is 0 Å². The topological polar surface area (TPSA) is 45.8 Å². The minimum Gasteiger partial charge on any atom is -0.300 e. The van der Waals surface area contributed by atoms with Gasteiger partial charge in [-0.1, -0.05) is 17.7 Å². The van der Waals surface area contributed by atoms with E-state index in [9.17, 15) is 4.79 Å². The molecule has 0 radical (unpaired) electrons. The van der Waals surface area contributed by atoms with E-state index >= 15 is 0 Å². The van der Waals surface area contributed by atoms with Gasteiger partial charge in [0, 0.05) is 0 Å². The number of aromatic amines is 1. The monoisotopic (exact) mass is 258 g/mol. The zero-order chi connectivity index (χ0) is 9.42. The molecule has 0 unspecified atom stereocenters. The average Bonchev–Trinajstić information content (AvgIpc) is 2.02. The molecule has 0 aliphatic rings. The lowest BCUT2D eigenvalue weighted by atomic mass is 10.2. The van der Waals surface area contributed by atoms with E-state index in [0.717, 1.165) is 0 Å². The smallest absolute Gasteiger partial charge is 0.260 e. The number of nitrogens with one attached hydrogen (secondary N) is 1. The second-order valence-corrected chi connectivity index (χ2v) is 3.65. The van der Waals surface area contributed by atoms with Crippen LogP contribution in [-0.2, 0) is 0 Å². The van der Waals surface area contributed by atoms with Crippen LogP contribution in [0.15, 0.2) is 27.7 Å². The lowest BCUT2D eigenvalue weighted by molar-refractivity contribution is 1.12. The van der Waals surface area contributed by atoms with E-state index in [1.807, 2.05) is 0 Å². The Morgan fingerprint density at radius 1 is 1.46 bits per heavy atom. The van der Waals surface area contributed by atoms with Gasteiger partial charge < -0.3 is 4.98 Å². The van der Waals surface area contributed by atoms with Crippen molar-refractivity contribution in [2.24, 2.45) is 0 Å². The minimum absolute atomic E-state index is 0.234. The van der Waals surface area contributed by atoms with Crippen LogP contribution in [0, 0.1) is 0 Å². The fourth-order valence-corrected chi connectivity index (χ4v) is 1.75. The van der Waals surface area contributed by atoms with Crippen LogP contribution in [0.25, 0.3) is 10.9 Å². The third-order valence-corrected chi connectivity index (χ3v) is 2.34. The molecule has 2 aromatic rings. The summed E-state index contributed by atoms with van der Waals surface area (Å²) >= 11 is 8.94. The highest BCUT2D eigenvalue weighted by Crippen LogP contribution is 2.18. The second kappa shape index (κ2) is 3.12. The van der Waals surface area contributed by atoms with Gasteiger partial charge in [-0.15, -0.1) is 0 Å². The maximum Gasteiger partial charge on any atom is 0.260 e. The van der Waals surface area contributed by atoms with Gasteiger partial charge in [0.05, 0.1) is 15.9 Å². The first-order valence-corrected chi connectivity index (χ1v) is 4.69. The van der Waals surface area contributed by atoms with Gasteiger partial charge in [-0.25, -0.2) is 4.98 Å². The molecule has 3 nitrogen and oxygen atoms in total. The maximum absolute atomic E-state index is 11.4. The highest BCUT2D eigenvalue weighted by atomic mass is 79.9. The van der Waals surface area contributed by atoms with Crippen LogP contribution in [0.4, 0.5) is 0 Å². The minimum atomic E-state index is -0.234. The van der Waals surface area contributed by atoms with E-state index in [-0.39, 0.29) is 5.56 Å². The first-order valence-electron chi connectivity index (χ1n) is 3.52. The Morgan fingerprint density at radius 2 is 2.23 bits per heavy atom. The molecule has 1 N–H and O–H groups in total. The van der Waals surface area contributed by atoms with Gasteiger partial charge in [0.25, 0.3) is 5.56 Å². The molecule has 66 valence electrons. The van der Waals surface area contributed by atoms with Crippen molar-refractivity contribution in [2.75, 3.05) is 0 Å². The van der Waals surface area contributed by atoms with Crippen LogP contribution in [0.2, 0.25) is 5.02 Å².